The van der Waals surface area contributed by atoms with Crippen LogP contribution in [0.2, 0.25) is 0 Å². The number of nitrogens with two attached hydrogens (primary N) is 1. The lowest BCUT2D eigenvalue weighted by Crippen LogP contribution is -2.27. The second-order valence-corrected chi connectivity index (χ2v) is 5.54. The summed E-state index contributed by atoms with van der Waals surface area (Å²) < 4.78 is 56.3. The lowest BCUT2D eigenvalue weighted by molar-refractivity contribution is -0.141. The number of esters is 1. The number of carbonyl (C=O) groups excluding carboxylic acids is 1. The number of nitrogens with zero attached hydrogens (tertiary/aromatic N) is 1. The zero-order chi connectivity index (χ0) is 20.4. The van der Waals surface area contributed by atoms with Gasteiger partial charge in [-0.3, -0.25) is 0 Å². The lowest BCUT2D eigenvalue weighted by Gasteiger charge is -2.29. The van der Waals surface area contributed by atoms with Crippen molar-refractivity contribution >= 4 is 5.97 Å². The molecule has 144 valence electrons. The fourth-order valence-electron chi connectivity index (χ4n) is 2.93. The van der Waals surface area contributed by atoms with E-state index in [2.05, 4.69) is 0 Å². The van der Waals surface area contributed by atoms with Crippen molar-refractivity contribution in [3.63, 3.8) is 0 Å². The highest BCUT2D eigenvalue weighted by atomic mass is 19.4. The van der Waals surface area contributed by atoms with Gasteiger partial charge < -0.3 is 19.9 Å². The molecular formula is C18H17F3N2O4. The van der Waals surface area contributed by atoms with E-state index < -0.39 is 29.4 Å². The number of rotatable bonds is 4. The molecule has 0 spiro atoms. The van der Waals surface area contributed by atoms with Gasteiger partial charge in [0.05, 0.1) is 25.2 Å². The zero-order valence-corrected chi connectivity index (χ0v) is 14.8. The second kappa shape index (κ2) is 7.61. The minimum Gasteiger partial charge on any atom is -0.496 e. The molecule has 1 aromatic rings. The monoisotopic (exact) mass is 382 g/mol. The number of alkyl halides is 3. The molecule has 0 fully saturated rings. The Morgan fingerprint density at radius 3 is 2.59 bits per heavy atom. The summed E-state index contributed by atoms with van der Waals surface area (Å²) in [5.74, 6) is -3.15. The number of allylic oxidation sites excluding steroid dienone is 2. The molecule has 1 unspecified atom stereocenters. The van der Waals surface area contributed by atoms with E-state index in [1.165, 1.54) is 19.1 Å². The van der Waals surface area contributed by atoms with Gasteiger partial charge in [0.2, 0.25) is 5.88 Å². The van der Waals surface area contributed by atoms with E-state index in [0.29, 0.717) is 0 Å². The van der Waals surface area contributed by atoms with Crippen LogP contribution in [0.1, 0.15) is 30.9 Å². The Kier molecular flexibility index (Phi) is 5.69. The van der Waals surface area contributed by atoms with E-state index in [0.717, 1.165) is 13.2 Å². The van der Waals surface area contributed by atoms with Crippen LogP contribution in [0.25, 0.3) is 0 Å². The van der Waals surface area contributed by atoms with Crippen molar-refractivity contribution in [3.8, 4) is 11.8 Å². The summed E-state index contributed by atoms with van der Waals surface area (Å²) in [5.41, 5.74) is 3.71. The Morgan fingerprint density at radius 2 is 2.07 bits per heavy atom. The molecule has 2 N–H and O–H groups in total. The van der Waals surface area contributed by atoms with Crippen molar-refractivity contribution in [2.24, 2.45) is 5.73 Å². The van der Waals surface area contributed by atoms with Crippen LogP contribution >= 0.6 is 0 Å². The molecule has 1 heterocycles. The molecular weight excluding hydrogens is 365 g/mol. The summed E-state index contributed by atoms with van der Waals surface area (Å²) in [6.45, 7) is 2.91. The minimum absolute atomic E-state index is 0.00629. The molecule has 0 amide bonds. The van der Waals surface area contributed by atoms with Gasteiger partial charge in [0.1, 0.15) is 28.7 Å². The van der Waals surface area contributed by atoms with Crippen molar-refractivity contribution in [1.82, 2.24) is 0 Å². The van der Waals surface area contributed by atoms with Gasteiger partial charge in [-0.1, -0.05) is 12.1 Å². The lowest BCUT2D eigenvalue weighted by atomic mass is 9.80. The summed E-state index contributed by atoms with van der Waals surface area (Å²) in [4.78, 5) is 12.4. The number of carbonyl (C=O) groups is 1. The number of benzene rings is 1. The molecule has 0 saturated heterocycles. The van der Waals surface area contributed by atoms with Gasteiger partial charge in [-0.2, -0.15) is 18.4 Å². The maximum Gasteiger partial charge on any atom is 0.420 e. The van der Waals surface area contributed by atoms with E-state index in [1.807, 2.05) is 0 Å². The number of ether oxygens (including phenoxy) is 3. The fourth-order valence-corrected chi connectivity index (χ4v) is 2.93. The quantitative estimate of drug-likeness (QED) is 0.803. The normalized spacial score (nSPS) is 17.3. The van der Waals surface area contributed by atoms with Gasteiger partial charge in [-0.05, 0) is 25.5 Å². The Hall–Kier alpha value is -3.15. The molecule has 1 aromatic carbocycles. The first-order chi connectivity index (χ1) is 12.7. The predicted molar refractivity (Wildman–Crippen MR) is 88.0 cm³/mol. The molecule has 27 heavy (non-hydrogen) atoms. The highest BCUT2D eigenvalue weighted by Crippen LogP contribution is 2.47. The van der Waals surface area contributed by atoms with Crippen LogP contribution in [0.5, 0.6) is 5.75 Å². The van der Waals surface area contributed by atoms with E-state index >= 15 is 0 Å². The van der Waals surface area contributed by atoms with Gasteiger partial charge in [-0.25, -0.2) is 4.79 Å². The highest BCUT2D eigenvalue weighted by molar-refractivity contribution is 5.92. The van der Waals surface area contributed by atoms with Crippen LogP contribution < -0.4 is 10.5 Å². The SMILES string of the molecule is CCOC(=O)C1=C(C)OC(N)=C(C#N)C1c1cccc(OC)c1C(F)(F)F. The molecule has 1 aliphatic heterocycles. The molecule has 1 atom stereocenters. The number of nitriles is 1. The van der Waals surface area contributed by atoms with Crippen LogP contribution in [0, 0.1) is 11.3 Å². The van der Waals surface area contributed by atoms with Crippen molar-refractivity contribution in [3.05, 3.63) is 52.1 Å². The Balaban J connectivity index is 2.84. The molecule has 0 aromatic heterocycles. The second-order valence-electron chi connectivity index (χ2n) is 5.54. The van der Waals surface area contributed by atoms with E-state index in [-0.39, 0.29) is 35.0 Å². The average Bonchev–Trinajstić information content (AvgIpc) is 2.59. The molecule has 6 nitrogen and oxygen atoms in total. The van der Waals surface area contributed by atoms with Crippen LogP contribution in [0.4, 0.5) is 13.2 Å². The summed E-state index contributed by atoms with van der Waals surface area (Å²) in [6, 6.07) is 5.39. The van der Waals surface area contributed by atoms with Crippen molar-refractivity contribution in [2.75, 3.05) is 13.7 Å². The number of methoxy groups -OCH3 is 1. The van der Waals surface area contributed by atoms with Gasteiger partial charge in [0.25, 0.3) is 0 Å². The highest BCUT2D eigenvalue weighted by Gasteiger charge is 2.44. The van der Waals surface area contributed by atoms with Gasteiger partial charge in [0, 0.05) is 0 Å². The predicted octanol–water partition coefficient (Wildman–Crippen LogP) is 3.36. The Morgan fingerprint density at radius 1 is 1.41 bits per heavy atom. The molecule has 0 radical (unpaired) electrons. The Labute approximate surface area is 153 Å². The topological polar surface area (TPSA) is 94.6 Å². The van der Waals surface area contributed by atoms with Gasteiger partial charge in [-0.15, -0.1) is 0 Å². The first-order valence-electron chi connectivity index (χ1n) is 7.86. The zero-order valence-electron chi connectivity index (χ0n) is 14.8. The molecule has 0 aliphatic carbocycles. The van der Waals surface area contributed by atoms with E-state index in [9.17, 15) is 23.2 Å². The maximum absolute atomic E-state index is 13.8. The van der Waals surface area contributed by atoms with Crippen LogP contribution in [0.15, 0.2) is 41.0 Å². The maximum atomic E-state index is 13.8. The van der Waals surface area contributed by atoms with Gasteiger partial charge in [0.15, 0.2) is 0 Å². The number of halogens is 3. The number of hydrogen-bond acceptors (Lipinski definition) is 6. The van der Waals surface area contributed by atoms with Crippen molar-refractivity contribution < 1.29 is 32.2 Å². The van der Waals surface area contributed by atoms with Crippen LogP contribution in [-0.2, 0) is 20.4 Å². The third kappa shape index (κ3) is 3.69. The van der Waals surface area contributed by atoms with E-state index in [1.54, 1.807) is 13.0 Å². The smallest absolute Gasteiger partial charge is 0.420 e. The summed E-state index contributed by atoms with van der Waals surface area (Å²) in [6.07, 6.45) is -4.80. The van der Waals surface area contributed by atoms with Gasteiger partial charge >= 0.3 is 12.1 Å². The third-order valence-electron chi connectivity index (χ3n) is 3.97. The molecule has 0 saturated carbocycles. The molecule has 1 aliphatic rings. The first-order valence-corrected chi connectivity index (χ1v) is 7.86. The average molecular weight is 382 g/mol. The third-order valence-corrected chi connectivity index (χ3v) is 3.97. The first kappa shape index (κ1) is 20.2. The number of hydrogen-bond donors (Lipinski definition) is 1. The summed E-state index contributed by atoms with van der Waals surface area (Å²) >= 11 is 0. The molecule has 0 bridgehead atoms. The summed E-state index contributed by atoms with van der Waals surface area (Å²) in [7, 11) is 1.10. The molecule has 9 heteroatoms. The standard InChI is InChI=1S/C18H17F3N2O4/c1-4-26-17(24)13-9(2)27-16(23)11(8-22)14(13)10-6-5-7-12(25-3)15(10)18(19,20)21/h5-7,14H,4,23H2,1-3H3. The summed E-state index contributed by atoms with van der Waals surface area (Å²) in [5, 5.41) is 9.47. The Bertz CT molecular complexity index is 866. The van der Waals surface area contributed by atoms with Crippen molar-refractivity contribution in [1.29, 1.82) is 5.26 Å². The van der Waals surface area contributed by atoms with Crippen LogP contribution in [0.3, 0.4) is 0 Å². The van der Waals surface area contributed by atoms with Crippen molar-refractivity contribution in [2.45, 2.75) is 25.9 Å². The van der Waals surface area contributed by atoms with Crippen LogP contribution in [-0.4, -0.2) is 19.7 Å². The fraction of sp³-hybridized carbons (Fsp3) is 0.333. The largest absolute Gasteiger partial charge is 0.496 e. The minimum atomic E-state index is -4.80. The molecule has 2 rings (SSSR count). The van der Waals surface area contributed by atoms with E-state index in [4.69, 9.17) is 19.9 Å².